The first-order chi connectivity index (χ1) is 10.7. The van der Waals surface area contributed by atoms with Crippen molar-refractivity contribution in [1.82, 2.24) is 5.32 Å². The topological polar surface area (TPSA) is 65.7 Å². The number of methoxy groups -OCH3 is 1. The van der Waals surface area contributed by atoms with Crippen molar-refractivity contribution in [3.8, 4) is 5.75 Å². The Morgan fingerprint density at radius 2 is 1.87 bits per heavy atom. The zero-order valence-electron chi connectivity index (χ0n) is 14.9. The molecule has 0 radical (unpaired) electrons. The van der Waals surface area contributed by atoms with Crippen molar-refractivity contribution >= 4 is 18.9 Å². The third-order valence-corrected chi connectivity index (χ3v) is 4.54. The van der Waals surface area contributed by atoms with Crippen molar-refractivity contribution in [2.75, 3.05) is 26.4 Å². The minimum atomic E-state index is -0.394. The maximum atomic E-state index is 6.15. The predicted octanol–water partition coefficient (Wildman–Crippen LogP) is 2.51. The van der Waals surface area contributed by atoms with Gasteiger partial charge in [0.1, 0.15) is 5.75 Å². The number of likely N-dealkylation sites (N-methyl/N-ethyl adjacent to an activating group) is 1. The Morgan fingerprint density at radius 1 is 1.26 bits per heavy atom. The number of hydrogen-bond acceptors (Lipinski definition) is 5. The van der Waals surface area contributed by atoms with E-state index in [1.807, 2.05) is 59.0 Å². The number of rotatable bonds is 5. The second kappa shape index (κ2) is 6.55. The molecule has 0 atom stereocenters. The summed E-state index contributed by atoms with van der Waals surface area (Å²) in [5.74, 6) is 0.732. The third kappa shape index (κ3) is 3.71. The third-order valence-electron chi connectivity index (χ3n) is 4.54. The Bertz CT molecular complexity index is 584. The molecule has 0 unspecified atom stereocenters. The molecular weight excluding hydrogens is 291 g/mol. The fourth-order valence-corrected chi connectivity index (χ4v) is 2.45. The Kier molecular flexibility index (Phi) is 5.09. The molecule has 0 saturated carbocycles. The number of nitrogen functional groups attached to an aromatic ring is 1. The van der Waals surface area contributed by atoms with Crippen molar-refractivity contribution in [3.63, 3.8) is 0 Å². The van der Waals surface area contributed by atoms with Crippen LogP contribution < -0.4 is 15.8 Å². The van der Waals surface area contributed by atoms with Gasteiger partial charge in [-0.1, -0.05) is 6.08 Å². The van der Waals surface area contributed by atoms with Crippen LogP contribution in [0.4, 0.5) is 5.69 Å². The lowest BCUT2D eigenvalue weighted by Gasteiger charge is -2.32. The molecular formula is C17H27BN2O3. The van der Waals surface area contributed by atoms with Gasteiger partial charge in [-0.3, -0.25) is 0 Å². The molecule has 5 nitrogen and oxygen atoms in total. The largest absolute Gasteiger partial charge is 0.496 e. The molecule has 2 rings (SSSR count). The SMILES string of the molecule is CNCC(=Cc1ccc(N)cc1OC)B1OC(C)(C)C(C)(C)O1. The highest BCUT2D eigenvalue weighted by Gasteiger charge is 2.52. The smallest absolute Gasteiger partial charge is 0.491 e. The summed E-state index contributed by atoms with van der Waals surface area (Å²) in [5.41, 5.74) is 7.72. The molecule has 3 N–H and O–H groups in total. The summed E-state index contributed by atoms with van der Waals surface area (Å²) in [6, 6.07) is 5.61. The number of hydrogen-bond donors (Lipinski definition) is 2. The molecule has 0 bridgehead atoms. The quantitative estimate of drug-likeness (QED) is 0.645. The summed E-state index contributed by atoms with van der Waals surface area (Å²) in [6.07, 6.45) is 2.04. The molecule has 1 heterocycles. The highest BCUT2D eigenvalue weighted by Crippen LogP contribution is 2.39. The van der Waals surface area contributed by atoms with Crippen LogP contribution >= 0.6 is 0 Å². The molecule has 1 aliphatic heterocycles. The van der Waals surface area contributed by atoms with E-state index in [2.05, 4.69) is 5.32 Å². The molecule has 126 valence electrons. The monoisotopic (exact) mass is 318 g/mol. The van der Waals surface area contributed by atoms with Gasteiger partial charge in [0, 0.05) is 23.9 Å². The van der Waals surface area contributed by atoms with Crippen molar-refractivity contribution in [1.29, 1.82) is 0 Å². The Labute approximate surface area is 139 Å². The molecule has 1 aliphatic rings. The summed E-state index contributed by atoms with van der Waals surface area (Å²) in [4.78, 5) is 0. The average molecular weight is 318 g/mol. The Morgan fingerprint density at radius 3 is 2.39 bits per heavy atom. The van der Waals surface area contributed by atoms with Gasteiger partial charge >= 0.3 is 7.12 Å². The normalized spacial score (nSPS) is 19.9. The Balaban J connectivity index is 2.36. The molecule has 1 aromatic carbocycles. The van der Waals surface area contributed by atoms with Gasteiger partial charge in [-0.15, -0.1) is 0 Å². The van der Waals surface area contributed by atoms with Gasteiger partial charge in [0.25, 0.3) is 0 Å². The minimum Gasteiger partial charge on any atom is -0.496 e. The van der Waals surface area contributed by atoms with Gasteiger partial charge in [-0.05, 0) is 52.3 Å². The van der Waals surface area contributed by atoms with Crippen molar-refractivity contribution in [3.05, 3.63) is 29.2 Å². The number of nitrogens with two attached hydrogens (primary N) is 1. The fourth-order valence-electron chi connectivity index (χ4n) is 2.45. The van der Waals surface area contributed by atoms with Crippen LogP contribution in [0.1, 0.15) is 33.3 Å². The van der Waals surface area contributed by atoms with Crippen LogP contribution in [-0.2, 0) is 9.31 Å². The number of anilines is 1. The summed E-state index contributed by atoms with van der Waals surface area (Å²) < 4.78 is 17.7. The Hall–Kier alpha value is -1.50. The van der Waals surface area contributed by atoms with Crippen molar-refractivity contribution < 1.29 is 14.0 Å². The molecule has 0 spiro atoms. The van der Waals surface area contributed by atoms with Crippen LogP contribution in [0.3, 0.4) is 0 Å². The zero-order valence-corrected chi connectivity index (χ0v) is 14.9. The maximum absolute atomic E-state index is 6.15. The summed E-state index contributed by atoms with van der Waals surface area (Å²) in [5, 5.41) is 3.17. The highest BCUT2D eigenvalue weighted by atomic mass is 16.7. The van der Waals surface area contributed by atoms with Crippen molar-refractivity contribution in [2.24, 2.45) is 0 Å². The maximum Gasteiger partial charge on any atom is 0.491 e. The van der Waals surface area contributed by atoms with Crippen molar-refractivity contribution in [2.45, 2.75) is 38.9 Å². The number of ether oxygens (including phenoxy) is 1. The first-order valence-corrected chi connectivity index (χ1v) is 7.84. The van der Waals surface area contributed by atoms with Gasteiger partial charge in [0.05, 0.1) is 18.3 Å². The molecule has 1 fully saturated rings. The molecule has 0 aliphatic carbocycles. The van der Waals surface area contributed by atoms with Crippen LogP contribution in [0.15, 0.2) is 23.7 Å². The van der Waals surface area contributed by atoms with E-state index in [4.69, 9.17) is 19.8 Å². The summed E-state index contributed by atoms with van der Waals surface area (Å²) >= 11 is 0. The van der Waals surface area contributed by atoms with E-state index in [1.54, 1.807) is 7.11 Å². The summed E-state index contributed by atoms with van der Waals surface area (Å²) in [6.45, 7) is 8.85. The van der Waals surface area contributed by atoms with Crippen LogP contribution in [-0.4, -0.2) is 39.0 Å². The molecule has 1 saturated heterocycles. The van der Waals surface area contributed by atoms with E-state index in [9.17, 15) is 0 Å². The van der Waals surface area contributed by atoms with Crippen LogP contribution in [0, 0.1) is 0 Å². The standard InChI is InChI=1S/C17H27BN2O3/c1-16(2)17(3,4)23-18(22-16)13(11-20-5)9-12-7-8-14(19)10-15(12)21-6/h7-10,20H,11,19H2,1-6H3. The fraction of sp³-hybridized carbons (Fsp3) is 0.529. The van der Waals surface area contributed by atoms with Crippen LogP contribution in [0.5, 0.6) is 5.75 Å². The predicted molar refractivity (Wildman–Crippen MR) is 95.4 cm³/mol. The van der Waals surface area contributed by atoms with Gasteiger partial charge in [-0.25, -0.2) is 0 Å². The van der Waals surface area contributed by atoms with E-state index in [0.717, 1.165) is 16.8 Å². The van der Waals surface area contributed by atoms with E-state index < -0.39 is 7.12 Å². The lowest BCUT2D eigenvalue weighted by molar-refractivity contribution is 0.00578. The van der Waals surface area contributed by atoms with E-state index in [-0.39, 0.29) is 11.2 Å². The second-order valence-electron chi connectivity index (χ2n) is 6.84. The summed E-state index contributed by atoms with van der Waals surface area (Å²) in [7, 11) is 3.15. The average Bonchev–Trinajstić information content (AvgIpc) is 2.68. The first kappa shape index (κ1) is 17.9. The molecule has 6 heteroatoms. The lowest BCUT2D eigenvalue weighted by atomic mass is 9.77. The molecule has 0 amide bonds. The van der Waals surface area contributed by atoms with Crippen LogP contribution in [0.2, 0.25) is 0 Å². The zero-order chi connectivity index (χ0) is 17.3. The number of benzene rings is 1. The van der Waals surface area contributed by atoms with Gasteiger partial charge in [0.15, 0.2) is 0 Å². The minimum absolute atomic E-state index is 0.365. The van der Waals surface area contributed by atoms with Gasteiger partial charge in [-0.2, -0.15) is 0 Å². The highest BCUT2D eigenvalue weighted by molar-refractivity contribution is 6.56. The van der Waals surface area contributed by atoms with Gasteiger partial charge < -0.3 is 25.1 Å². The van der Waals surface area contributed by atoms with E-state index >= 15 is 0 Å². The number of nitrogens with one attached hydrogen (secondary N) is 1. The van der Waals surface area contributed by atoms with E-state index in [1.165, 1.54) is 0 Å². The molecule has 23 heavy (non-hydrogen) atoms. The molecule has 0 aromatic heterocycles. The van der Waals surface area contributed by atoms with Crippen LogP contribution in [0.25, 0.3) is 6.08 Å². The van der Waals surface area contributed by atoms with E-state index in [0.29, 0.717) is 12.2 Å². The molecule has 1 aromatic rings. The lowest BCUT2D eigenvalue weighted by Crippen LogP contribution is -2.41. The first-order valence-electron chi connectivity index (χ1n) is 7.84. The second-order valence-corrected chi connectivity index (χ2v) is 6.84. The van der Waals surface area contributed by atoms with Gasteiger partial charge in [0.2, 0.25) is 0 Å².